The second-order valence-electron chi connectivity index (χ2n) is 6.80. The van der Waals surface area contributed by atoms with Gasteiger partial charge in [0, 0.05) is 25.1 Å². The number of furan rings is 1. The zero-order valence-corrected chi connectivity index (χ0v) is 15.9. The quantitative estimate of drug-likeness (QED) is 0.721. The Labute approximate surface area is 164 Å². The number of amides is 2. The number of carbonyl (C=O) groups is 2. The fraction of sp³-hybridized carbons (Fsp3) is 0.364. The Morgan fingerprint density at radius 1 is 1.32 bits per heavy atom. The van der Waals surface area contributed by atoms with Crippen molar-refractivity contribution in [2.24, 2.45) is 5.92 Å². The molecule has 1 aromatic carbocycles. The number of nitrogens with zero attached hydrogens (tertiary/aromatic N) is 2. The molecule has 0 bridgehead atoms. The standard InChI is InChI=1S/C22H23FN2O3/c1-2-3-12-24(16-19-8-6-13-28-19)22(27)18-10-11-21(26)25(15-18)14-17-7-4-5-9-20(17)23/h4-9,13,18H,10-12,14-16H2,1H3/t18-/m0/s1. The van der Waals surface area contributed by atoms with E-state index in [0.717, 1.165) is 0 Å². The van der Waals surface area contributed by atoms with Gasteiger partial charge in [-0.05, 0) is 31.5 Å². The van der Waals surface area contributed by atoms with Gasteiger partial charge in [-0.1, -0.05) is 24.1 Å². The molecule has 1 aromatic heterocycles. The Morgan fingerprint density at radius 3 is 2.86 bits per heavy atom. The van der Waals surface area contributed by atoms with Gasteiger partial charge < -0.3 is 14.2 Å². The maximum atomic E-state index is 14.0. The third-order valence-corrected chi connectivity index (χ3v) is 4.85. The Kier molecular flexibility index (Phi) is 6.49. The molecule has 1 aliphatic heterocycles. The van der Waals surface area contributed by atoms with E-state index in [1.165, 1.54) is 6.07 Å². The SMILES string of the molecule is CC#CCN(Cc1ccco1)C(=O)[C@H]1CCC(=O)N(Cc2ccccc2F)C1. The van der Waals surface area contributed by atoms with E-state index in [9.17, 15) is 14.0 Å². The molecule has 0 unspecified atom stereocenters. The average molecular weight is 382 g/mol. The smallest absolute Gasteiger partial charge is 0.228 e. The highest BCUT2D eigenvalue weighted by Crippen LogP contribution is 2.23. The van der Waals surface area contributed by atoms with Crippen molar-refractivity contribution in [1.82, 2.24) is 9.80 Å². The molecule has 0 spiro atoms. The van der Waals surface area contributed by atoms with Crippen LogP contribution in [0.15, 0.2) is 47.1 Å². The van der Waals surface area contributed by atoms with Crippen molar-refractivity contribution in [2.75, 3.05) is 13.1 Å². The topological polar surface area (TPSA) is 53.8 Å². The number of piperidine rings is 1. The summed E-state index contributed by atoms with van der Waals surface area (Å²) < 4.78 is 19.3. The van der Waals surface area contributed by atoms with E-state index >= 15 is 0 Å². The van der Waals surface area contributed by atoms with Crippen LogP contribution in [0, 0.1) is 23.6 Å². The highest BCUT2D eigenvalue weighted by Gasteiger charge is 2.33. The zero-order chi connectivity index (χ0) is 19.9. The second kappa shape index (κ2) is 9.23. The molecule has 1 fully saturated rings. The van der Waals surface area contributed by atoms with Crippen LogP contribution >= 0.6 is 0 Å². The van der Waals surface area contributed by atoms with Gasteiger partial charge in [0.1, 0.15) is 11.6 Å². The van der Waals surface area contributed by atoms with E-state index in [1.807, 2.05) is 6.07 Å². The van der Waals surface area contributed by atoms with Crippen LogP contribution in [-0.4, -0.2) is 34.7 Å². The summed E-state index contributed by atoms with van der Waals surface area (Å²) in [7, 11) is 0. The van der Waals surface area contributed by atoms with Crippen LogP contribution in [0.4, 0.5) is 4.39 Å². The van der Waals surface area contributed by atoms with Gasteiger partial charge in [-0.15, -0.1) is 5.92 Å². The van der Waals surface area contributed by atoms with Crippen LogP contribution in [0.5, 0.6) is 0 Å². The molecule has 0 aliphatic carbocycles. The first-order valence-electron chi connectivity index (χ1n) is 9.30. The molecule has 1 atom stereocenters. The van der Waals surface area contributed by atoms with Crippen molar-refractivity contribution >= 4 is 11.8 Å². The monoisotopic (exact) mass is 382 g/mol. The molecule has 6 heteroatoms. The van der Waals surface area contributed by atoms with Crippen molar-refractivity contribution in [1.29, 1.82) is 0 Å². The first kappa shape index (κ1) is 19.7. The lowest BCUT2D eigenvalue weighted by molar-refractivity contribution is -0.143. The Hall–Kier alpha value is -3.07. The predicted molar refractivity (Wildman–Crippen MR) is 102 cm³/mol. The molecule has 5 nitrogen and oxygen atoms in total. The van der Waals surface area contributed by atoms with Crippen LogP contribution in [0.1, 0.15) is 31.1 Å². The minimum atomic E-state index is -0.346. The molecular formula is C22H23FN2O3. The molecular weight excluding hydrogens is 359 g/mol. The van der Waals surface area contributed by atoms with E-state index < -0.39 is 0 Å². The van der Waals surface area contributed by atoms with E-state index in [2.05, 4.69) is 11.8 Å². The van der Waals surface area contributed by atoms with E-state index in [1.54, 1.807) is 47.3 Å². The highest BCUT2D eigenvalue weighted by molar-refractivity contribution is 5.84. The molecule has 28 heavy (non-hydrogen) atoms. The third kappa shape index (κ3) is 4.80. The number of benzene rings is 1. The Bertz CT molecular complexity index is 883. The van der Waals surface area contributed by atoms with Crippen molar-refractivity contribution in [3.63, 3.8) is 0 Å². The van der Waals surface area contributed by atoms with Gasteiger partial charge in [0.2, 0.25) is 11.8 Å². The van der Waals surface area contributed by atoms with Crippen molar-refractivity contribution < 1.29 is 18.4 Å². The fourth-order valence-corrected chi connectivity index (χ4v) is 3.34. The molecule has 2 amide bonds. The van der Waals surface area contributed by atoms with E-state index in [-0.39, 0.29) is 43.1 Å². The average Bonchev–Trinajstić information content (AvgIpc) is 3.21. The van der Waals surface area contributed by atoms with Crippen molar-refractivity contribution in [2.45, 2.75) is 32.9 Å². The first-order chi connectivity index (χ1) is 13.6. The summed E-state index contributed by atoms with van der Waals surface area (Å²) in [4.78, 5) is 28.6. The van der Waals surface area contributed by atoms with Gasteiger partial charge >= 0.3 is 0 Å². The zero-order valence-electron chi connectivity index (χ0n) is 15.9. The van der Waals surface area contributed by atoms with Crippen LogP contribution in [-0.2, 0) is 22.7 Å². The number of rotatable bonds is 6. The molecule has 146 valence electrons. The molecule has 2 aromatic rings. The minimum Gasteiger partial charge on any atom is -0.467 e. The fourth-order valence-electron chi connectivity index (χ4n) is 3.34. The van der Waals surface area contributed by atoms with E-state index in [0.29, 0.717) is 30.8 Å². The Morgan fingerprint density at radius 2 is 2.14 bits per heavy atom. The predicted octanol–water partition coefficient (Wildman–Crippen LogP) is 3.21. The maximum Gasteiger partial charge on any atom is 0.228 e. The van der Waals surface area contributed by atoms with Crippen molar-refractivity contribution in [3.05, 3.63) is 59.8 Å². The van der Waals surface area contributed by atoms with Gasteiger partial charge in [-0.2, -0.15) is 0 Å². The summed E-state index contributed by atoms with van der Waals surface area (Å²) in [5.41, 5.74) is 0.452. The summed E-state index contributed by atoms with van der Waals surface area (Å²) in [5, 5.41) is 0. The molecule has 3 rings (SSSR count). The lowest BCUT2D eigenvalue weighted by Gasteiger charge is -2.34. The summed E-state index contributed by atoms with van der Waals surface area (Å²) in [6, 6.07) is 9.98. The lowest BCUT2D eigenvalue weighted by Crippen LogP contribution is -2.46. The third-order valence-electron chi connectivity index (χ3n) is 4.85. The van der Waals surface area contributed by atoms with Gasteiger partial charge in [-0.25, -0.2) is 4.39 Å². The summed E-state index contributed by atoms with van der Waals surface area (Å²) >= 11 is 0. The summed E-state index contributed by atoms with van der Waals surface area (Å²) in [5.74, 6) is 5.62. The molecule has 0 N–H and O–H groups in total. The normalized spacial score (nSPS) is 16.4. The Balaban J connectivity index is 1.71. The second-order valence-corrected chi connectivity index (χ2v) is 6.80. The summed E-state index contributed by atoms with van der Waals surface area (Å²) in [6.45, 7) is 2.81. The largest absolute Gasteiger partial charge is 0.467 e. The van der Waals surface area contributed by atoms with Gasteiger partial charge in [-0.3, -0.25) is 9.59 Å². The molecule has 2 heterocycles. The van der Waals surface area contributed by atoms with E-state index in [4.69, 9.17) is 4.42 Å². The number of carbonyl (C=O) groups excluding carboxylic acids is 2. The first-order valence-corrected chi connectivity index (χ1v) is 9.30. The van der Waals surface area contributed by atoms with Gasteiger partial charge in [0.15, 0.2) is 0 Å². The van der Waals surface area contributed by atoms with Crippen molar-refractivity contribution in [3.8, 4) is 11.8 Å². The number of hydrogen-bond acceptors (Lipinski definition) is 3. The highest BCUT2D eigenvalue weighted by atomic mass is 19.1. The number of hydrogen-bond donors (Lipinski definition) is 0. The van der Waals surface area contributed by atoms with Gasteiger partial charge in [0.05, 0.1) is 25.3 Å². The van der Waals surface area contributed by atoms with Crippen LogP contribution in [0.25, 0.3) is 0 Å². The minimum absolute atomic E-state index is 0.0572. The molecule has 0 radical (unpaired) electrons. The van der Waals surface area contributed by atoms with Crippen LogP contribution in [0.3, 0.4) is 0 Å². The number of likely N-dealkylation sites (tertiary alicyclic amines) is 1. The summed E-state index contributed by atoms with van der Waals surface area (Å²) in [6.07, 6.45) is 2.33. The van der Waals surface area contributed by atoms with Crippen LogP contribution < -0.4 is 0 Å². The number of halogens is 1. The van der Waals surface area contributed by atoms with Gasteiger partial charge in [0.25, 0.3) is 0 Å². The lowest BCUT2D eigenvalue weighted by atomic mass is 9.95. The van der Waals surface area contributed by atoms with Crippen LogP contribution in [0.2, 0.25) is 0 Å². The molecule has 1 saturated heterocycles. The molecule has 1 aliphatic rings. The molecule has 0 saturated carbocycles. The maximum absolute atomic E-state index is 14.0.